The zero-order valence-corrected chi connectivity index (χ0v) is 25.9. The molecule has 4 N–H and O–H groups in total. The topological polar surface area (TPSA) is 151 Å². The Labute approximate surface area is 249 Å². The number of allylic oxidation sites excluding steroid dienone is 11. The van der Waals surface area contributed by atoms with E-state index in [9.17, 15) is 34.8 Å². The van der Waals surface area contributed by atoms with Gasteiger partial charge < -0.3 is 29.9 Å². The summed E-state index contributed by atoms with van der Waals surface area (Å²) < 4.78 is 10.3. The van der Waals surface area contributed by atoms with Crippen LogP contribution >= 0.6 is 0 Å². The lowest BCUT2D eigenvalue weighted by Crippen LogP contribution is -2.46. The first-order valence-electron chi connectivity index (χ1n) is 14.3. The maximum Gasteiger partial charge on any atom is 0.307 e. The van der Waals surface area contributed by atoms with Crippen molar-refractivity contribution in [2.24, 2.45) is 5.41 Å². The predicted octanol–water partition coefficient (Wildman–Crippen LogP) is 3.97. The molecule has 42 heavy (non-hydrogen) atoms. The minimum Gasteiger partial charge on any atom is -0.463 e. The second kappa shape index (κ2) is 17.8. The average molecular weight is 589 g/mol. The first-order chi connectivity index (χ1) is 19.6. The van der Waals surface area contributed by atoms with Gasteiger partial charge in [-0.1, -0.05) is 80.5 Å². The Balaban J connectivity index is 2.72. The van der Waals surface area contributed by atoms with Crippen molar-refractivity contribution in [1.82, 2.24) is 0 Å². The molecule has 0 radical (unpaired) electrons. The first-order valence-corrected chi connectivity index (χ1v) is 14.3. The number of aliphatic hydroxyl groups is 4. The van der Waals surface area contributed by atoms with Gasteiger partial charge in [-0.25, -0.2) is 0 Å². The van der Waals surface area contributed by atoms with Crippen LogP contribution in [0.1, 0.15) is 74.1 Å². The van der Waals surface area contributed by atoms with Crippen molar-refractivity contribution in [3.8, 4) is 0 Å². The molecule has 0 aliphatic heterocycles. The Morgan fingerprint density at radius 1 is 0.952 bits per heavy atom. The molecule has 0 heterocycles. The van der Waals surface area contributed by atoms with Crippen LogP contribution < -0.4 is 0 Å². The largest absolute Gasteiger partial charge is 0.463 e. The Morgan fingerprint density at radius 2 is 1.52 bits per heavy atom. The second-order valence-electron chi connectivity index (χ2n) is 11.2. The molecular weight excluding hydrogens is 540 g/mol. The second-order valence-corrected chi connectivity index (χ2v) is 11.2. The van der Waals surface area contributed by atoms with Gasteiger partial charge in [-0.3, -0.25) is 14.4 Å². The van der Waals surface area contributed by atoms with Crippen LogP contribution in [-0.2, 0) is 23.9 Å². The number of ketones is 1. The molecule has 9 nitrogen and oxygen atoms in total. The highest BCUT2D eigenvalue weighted by atomic mass is 16.6. The van der Waals surface area contributed by atoms with Crippen molar-refractivity contribution in [3.63, 3.8) is 0 Å². The first kappa shape index (κ1) is 36.9. The summed E-state index contributed by atoms with van der Waals surface area (Å²) >= 11 is 0. The van der Waals surface area contributed by atoms with Gasteiger partial charge in [0.05, 0.1) is 18.9 Å². The van der Waals surface area contributed by atoms with Crippen LogP contribution in [0.2, 0.25) is 0 Å². The molecule has 1 aliphatic carbocycles. The van der Waals surface area contributed by atoms with E-state index in [1.54, 1.807) is 13.8 Å². The molecular formula is C33H48O9. The van der Waals surface area contributed by atoms with E-state index in [1.165, 1.54) is 0 Å². The summed E-state index contributed by atoms with van der Waals surface area (Å²) in [4.78, 5) is 37.5. The summed E-state index contributed by atoms with van der Waals surface area (Å²) in [5, 5.41) is 39.1. The highest BCUT2D eigenvalue weighted by molar-refractivity contribution is 6.01. The van der Waals surface area contributed by atoms with Crippen molar-refractivity contribution >= 4 is 17.7 Å². The third-order valence-electron chi connectivity index (χ3n) is 7.05. The van der Waals surface area contributed by atoms with Gasteiger partial charge >= 0.3 is 11.9 Å². The number of Topliss-reactive ketones (excluding diaryl/α,β-unsaturated/α-hetero) is 1. The molecule has 1 aliphatic rings. The normalized spacial score (nSPS) is 21.2. The number of carbonyl (C=O) groups excluding carboxylic acids is 3. The van der Waals surface area contributed by atoms with E-state index in [4.69, 9.17) is 9.47 Å². The van der Waals surface area contributed by atoms with Crippen molar-refractivity contribution in [2.45, 2.75) is 105 Å². The Morgan fingerprint density at radius 3 is 2.14 bits per heavy atom. The van der Waals surface area contributed by atoms with Crippen molar-refractivity contribution in [2.75, 3.05) is 6.61 Å². The van der Waals surface area contributed by atoms with Crippen molar-refractivity contribution in [3.05, 3.63) is 70.9 Å². The monoisotopic (exact) mass is 588 g/mol. The molecule has 5 atom stereocenters. The van der Waals surface area contributed by atoms with Crippen LogP contribution in [0.5, 0.6) is 0 Å². The molecule has 0 amide bonds. The molecule has 0 aromatic rings. The molecule has 1 rings (SSSR count). The molecule has 9 heteroatoms. The van der Waals surface area contributed by atoms with E-state index in [2.05, 4.69) is 0 Å². The third-order valence-corrected chi connectivity index (χ3v) is 7.05. The van der Waals surface area contributed by atoms with Crippen LogP contribution in [-0.4, -0.2) is 75.3 Å². The van der Waals surface area contributed by atoms with Crippen molar-refractivity contribution < 1.29 is 44.3 Å². The molecule has 0 aromatic carbocycles. The summed E-state index contributed by atoms with van der Waals surface area (Å²) in [7, 11) is 0. The molecule has 0 bridgehead atoms. The van der Waals surface area contributed by atoms with E-state index in [-0.39, 0.29) is 31.5 Å². The summed E-state index contributed by atoms with van der Waals surface area (Å²) in [5.74, 6) is -1.86. The van der Waals surface area contributed by atoms with E-state index < -0.39 is 54.5 Å². The molecule has 234 valence electrons. The summed E-state index contributed by atoms with van der Waals surface area (Å²) in [6, 6.07) is 0. The lowest BCUT2D eigenvalue weighted by Gasteiger charge is -2.36. The van der Waals surface area contributed by atoms with Crippen LogP contribution in [0.3, 0.4) is 0 Å². The standard InChI is InChI=1S/C33H48O9/c1-8-10-12-21(3)13-11-14-22(4)15-16-24-23(5)30(38)27(19-33(24,6)7)42-29(37)18-17-28(36)41-20-26(35)32(40)31(39)25(34)9-2/h8,10-16,25-27,31-32,34-35,39-40H,9,17-20H2,1-7H3/b10-8+,13-11+,16-15+,21-12+,22-14+. The van der Waals surface area contributed by atoms with Crippen LogP contribution in [0, 0.1) is 5.41 Å². The van der Waals surface area contributed by atoms with Crippen LogP contribution in [0.25, 0.3) is 0 Å². The highest BCUT2D eigenvalue weighted by Crippen LogP contribution is 2.40. The Hall–Kier alpha value is -3.11. The van der Waals surface area contributed by atoms with Crippen molar-refractivity contribution in [1.29, 1.82) is 0 Å². The number of carbonyl (C=O) groups is 3. The fourth-order valence-corrected chi connectivity index (χ4v) is 4.39. The van der Waals surface area contributed by atoms with Gasteiger partial charge in [0, 0.05) is 6.42 Å². The minimum atomic E-state index is -1.72. The average Bonchev–Trinajstić information content (AvgIpc) is 2.94. The number of aliphatic hydroxyl groups excluding tert-OH is 4. The molecule has 5 unspecified atom stereocenters. The fourth-order valence-electron chi connectivity index (χ4n) is 4.39. The molecule has 0 fully saturated rings. The zero-order chi connectivity index (χ0) is 32.0. The zero-order valence-electron chi connectivity index (χ0n) is 25.9. The summed E-state index contributed by atoms with van der Waals surface area (Å²) in [6.07, 6.45) is 8.37. The van der Waals surface area contributed by atoms with Gasteiger partial charge in [0.2, 0.25) is 0 Å². The lowest BCUT2D eigenvalue weighted by molar-refractivity contribution is -0.161. The van der Waals surface area contributed by atoms with Crippen LogP contribution in [0.15, 0.2) is 70.9 Å². The maximum atomic E-state index is 13.1. The number of rotatable bonds is 15. The number of hydrogen-bond acceptors (Lipinski definition) is 9. The Bertz CT molecular complexity index is 1120. The Kier molecular flexibility index (Phi) is 15.6. The van der Waals surface area contributed by atoms with E-state index in [0.717, 1.165) is 16.7 Å². The van der Waals surface area contributed by atoms with Gasteiger partial charge in [0.25, 0.3) is 0 Å². The molecule has 0 spiro atoms. The quantitative estimate of drug-likeness (QED) is 0.165. The molecule has 0 saturated heterocycles. The van der Waals surface area contributed by atoms with Gasteiger partial charge in [-0.2, -0.15) is 0 Å². The number of hydrogen-bond donors (Lipinski definition) is 4. The maximum absolute atomic E-state index is 13.1. The van der Waals surface area contributed by atoms with E-state index in [1.807, 2.05) is 83.2 Å². The van der Waals surface area contributed by atoms with Crippen LogP contribution in [0.4, 0.5) is 0 Å². The van der Waals surface area contributed by atoms with Gasteiger partial charge in [-0.15, -0.1) is 0 Å². The summed E-state index contributed by atoms with van der Waals surface area (Å²) in [5.41, 5.74) is 3.05. The van der Waals surface area contributed by atoms with E-state index >= 15 is 0 Å². The SMILES string of the molecule is C/C=C/C=C(C)/C=C/C=C(C)/C=C/C1=C(C)C(=O)C(OC(=O)CCC(=O)OCC(O)C(O)C(O)C(O)CC)CC1(C)C. The van der Waals surface area contributed by atoms with E-state index in [0.29, 0.717) is 5.57 Å². The number of ether oxygens (including phenoxy) is 2. The molecule has 0 saturated carbocycles. The summed E-state index contributed by atoms with van der Waals surface area (Å²) in [6.45, 7) is 12.6. The van der Waals surface area contributed by atoms with Gasteiger partial charge in [0.15, 0.2) is 11.9 Å². The van der Waals surface area contributed by atoms with Gasteiger partial charge in [-0.05, 0) is 50.7 Å². The third kappa shape index (κ3) is 12.0. The number of esters is 2. The van der Waals surface area contributed by atoms with Gasteiger partial charge in [0.1, 0.15) is 24.9 Å². The fraction of sp³-hybridized carbons (Fsp3) is 0.545. The lowest BCUT2D eigenvalue weighted by atomic mass is 9.71. The molecule has 0 aromatic heterocycles. The minimum absolute atomic E-state index is 0.158. The highest BCUT2D eigenvalue weighted by Gasteiger charge is 2.40. The smallest absolute Gasteiger partial charge is 0.307 e. The predicted molar refractivity (Wildman–Crippen MR) is 161 cm³/mol.